The van der Waals surface area contributed by atoms with E-state index in [0.717, 1.165) is 0 Å². The first-order valence-corrected chi connectivity index (χ1v) is 5.96. The van der Waals surface area contributed by atoms with Crippen molar-refractivity contribution < 1.29 is 29.3 Å². The number of hydrogen-bond acceptors (Lipinski definition) is 5. The minimum atomic E-state index is -1.14. The van der Waals surface area contributed by atoms with Gasteiger partial charge in [0.15, 0.2) is 18.1 Å². The second-order valence-electron chi connectivity index (χ2n) is 4.00. The number of amides is 1. The van der Waals surface area contributed by atoms with E-state index in [1.807, 2.05) is 0 Å². The lowest BCUT2D eigenvalue weighted by atomic mass is 10.2. The molecule has 1 rings (SSSR count). The van der Waals surface area contributed by atoms with Crippen LogP contribution in [0.2, 0.25) is 0 Å². The Morgan fingerprint density at radius 1 is 1.35 bits per heavy atom. The molecular weight excluding hydrogens is 266 g/mol. The lowest BCUT2D eigenvalue weighted by molar-refractivity contribution is -0.142. The number of carbonyl (C=O) groups is 2. The number of rotatable bonds is 8. The van der Waals surface area contributed by atoms with Gasteiger partial charge in [-0.15, -0.1) is 0 Å². The third kappa shape index (κ3) is 5.15. The molecule has 0 spiro atoms. The molecule has 0 saturated heterocycles. The number of aromatic hydroxyl groups is 1. The first-order chi connectivity index (χ1) is 9.54. The Bertz CT molecular complexity index is 462. The number of hydrogen-bond donors (Lipinski definition) is 3. The molecule has 20 heavy (non-hydrogen) atoms. The Kier molecular flexibility index (Phi) is 6.31. The molecule has 110 valence electrons. The summed E-state index contributed by atoms with van der Waals surface area (Å²) in [6.45, 7) is -0.161. The van der Waals surface area contributed by atoms with E-state index in [9.17, 15) is 14.7 Å². The van der Waals surface area contributed by atoms with E-state index in [-0.39, 0.29) is 31.1 Å². The van der Waals surface area contributed by atoms with Gasteiger partial charge in [-0.3, -0.25) is 4.79 Å². The van der Waals surface area contributed by atoms with E-state index in [4.69, 9.17) is 14.6 Å². The zero-order valence-electron chi connectivity index (χ0n) is 11.0. The van der Waals surface area contributed by atoms with Crippen molar-refractivity contribution in [1.29, 1.82) is 0 Å². The van der Waals surface area contributed by atoms with Gasteiger partial charge in [0.1, 0.15) is 6.04 Å². The summed E-state index contributed by atoms with van der Waals surface area (Å²) in [6, 6.07) is 5.16. The smallest absolute Gasteiger partial charge is 0.326 e. The highest BCUT2D eigenvalue weighted by Crippen LogP contribution is 2.23. The van der Waals surface area contributed by atoms with Gasteiger partial charge < -0.3 is 25.0 Å². The summed E-state index contributed by atoms with van der Waals surface area (Å²) in [6.07, 6.45) is 0.161. The van der Waals surface area contributed by atoms with Crippen molar-refractivity contribution in [3.8, 4) is 11.5 Å². The molecule has 1 unspecified atom stereocenters. The van der Waals surface area contributed by atoms with E-state index in [1.165, 1.54) is 19.2 Å². The number of phenols is 1. The Morgan fingerprint density at radius 2 is 2.05 bits per heavy atom. The van der Waals surface area contributed by atoms with Gasteiger partial charge in [0.05, 0.1) is 0 Å². The lowest BCUT2D eigenvalue weighted by Gasteiger charge is -2.14. The predicted molar refractivity (Wildman–Crippen MR) is 69.7 cm³/mol. The summed E-state index contributed by atoms with van der Waals surface area (Å²) in [7, 11) is 1.45. The van der Waals surface area contributed by atoms with Gasteiger partial charge in [0.2, 0.25) is 0 Å². The molecule has 7 nitrogen and oxygen atoms in total. The topological polar surface area (TPSA) is 105 Å². The zero-order chi connectivity index (χ0) is 15.0. The van der Waals surface area contributed by atoms with Crippen LogP contribution in [0.4, 0.5) is 0 Å². The Hall–Kier alpha value is -2.28. The van der Waals surface area contributed by atoms with Crippen LogP contribution < -0.4 is 10.1 Å². The number of carbonyl (C=O) groups excluding carboxylic acids is 1. The summed E-state index contributed by atoms with van der Waals surface area (Å²) < 4.78 is 9.87. The maximum absolute atomic E-state index is 11.6. The monoisotopic (exact) mass is 283 g/mol. The number of nitrogens with one attached hydrogen (secondary N) is 1. The minimum absolute atomic E-state index is 0.0885. The molecule has 0 heterocycles. The molecule has 0 aliphatic rings. The fourth-order valence-corrected chi connectivity index (χ4v) is 1.45. The third-order valence-electron chi connectivity index (χ3n) is 2.47. The Morgan fingerprint density at radius 3 is 2.65 bits per heavy atom. The van der Waals surface area contributed by atoms with E-state index < -0.39 is 17.9 Å². The molecule has 0 radical (unpaired) electrons. The van der Waals surface area contributed by atoms with Gasteiger partial charge in [-0.25, -0.2) is 4.79 Å². The van der Waals surface area contributed by atoms with Gasteiger partial charge in [0, 0.05) is 20.1 Å². The predicted octanol–water partition coefficient (Wildman–Crippen LogP) is 0.377. The van der Waals surface area contributed by atoms with Gasteiger partial charge in [-0.1, -0.05) is 12.1 Å². The second kappa shape index (κ2) is 8.00. The Balaban J connectivity index is 2.46. The van der Waals surface area contributed by atoms with E-state index in [1.54, 1.807) is 12.1 Å². The molecular formula is C13H17NO6. The normalized spacial score (nSPS) is 11.7. The average Bonchev–Trinajstić information content (AvgIpc) is 2.42. The highest BCUT2D eigenvalue weighted by molar-refractivity contribution is 5.84. The molecule has 0 fully saturated rings. The summed E-state index contributed by atoms with van der Waals surface area (Å²) in [5.74, 6) is -1.66. The average molecular weight is 283 g/mol. The van der Waals surface area contributed by atoms with E-state index in [2.05, 4.69) is 5.32 Å². The standard InChI is InChI=1S/C13H17NO6/c1-19-7-6-9(13(17)18)14-12(16)8-20-11-5-3-2-4-10(11)15/h2-5,9,15H,6-8H2,1H3,(H,14,16)(H,17,18). The number of methoxy groups -OCH3 is 1. The van der Waals surface area contributed by atoms with Crippen molar-refractivity contribution in [2.24, 2.45) is 0 Å². The fraction of sp³-hybridized carbons (Fsp3) is 0.385. The quantitative estimate of drug-likeness (QED) is 0.637. The van der Waals surface area contributed by atoms with Crippen molar-refractivity contribution in [1.82, 2.24) is 5.32 Å². The molecule has 3 N–H and O–H groups in total. The molecule has 0 aliphatic heterocycles. The minimum Gasteiger partial charge on any atom is -0.504 e. The highest BCUT2D eigenvalue weighted by Gasteiger charge is 2.19. The van der Waals surface area contributed by atoms with Crippen molar-refractivity contribution in [2.45, 2.75) is 12.5 Å². The summed E-state index contributed by atoms with van der Waals surface area (Å²) in [5.41, 5.74) is 0. The summed E-state index contributed by atoms with van der Waals surface area (Å²) in [5, 5.41) is 20.7. The summed E-state index contributed by atoms with van der Waals surface area (Å²) in [4.78, 5) is 22.5. The number of carboxylic acid groups (broad SMARTS) is 1. The van der Waals surface area contributed by atoms with Crippen LogP contribution in [0.25, 0.3) is 0 Å². The van der Waals surface area contributed by atoms with Gasteiger partial charge in [-0.05, 0) is 12.1 Å². The van der Waals surface area contributed by atoms with E-state index >= 15 is 0 Å². The van der Waals surface area contributed by atoms with Gasteiger partial charge in [-0.2, -0.15) is 0 Å². The van der Waals surface area contributed by atoms with Crippen LogP contribution in [0.5, 0.6) is 11.5 Å². The molecule has 0 bridgehead atoms. The molecule has 7 heteroatoms. The fourth-order valence-electron chi connectivity index (χ4n) is 1.45. The van der Waals surface area contributed by atoms with Crippen molar-refractivity contribution in [2.75, 3.05) is 20.3 Å². The van der Waals surface area contributed by atoms with Gasteiger partial charge >= 0.3 is 5.97 Å². The number of aliphatic carboxylic acids is 1. The van der Waals surface area contributed by atoms with Crippen molar-refractivity contribution >= 4 is 11.9 Å². The second-order valence-corrected chi connectivity index (χ2v) is 4.00. The molecule has 1 amide bonds. The number of carboxylic acids is 1. The van der Waals surface area contributed by atoms with Crippen molar-refractivity contribution in [3.63, 3.8) is 0 Å². The molecule has 1 atom stereocenters. The maximum Gasteiger partial charge on any atom is 0.326 e. The van der Waals surface area contributed by atoms with Crippen LogP contribution in [0.15, 0.2) is 24.3 Å². The van der Waals surface area contributed by atoms with E-state index in [0.29, 0.717) is 0 Å². The van der Waals surface area contributed by atoms with Crippen molar-refractivity contribution in [3.05, 3.63) is 24.3 Å². The lowest BCUT2D eigenvalue weighted by Crippen LogP contribution is -2.43. The molecule has 0 aliphatic carbocycles. The van der Waals surface area contributed by atoms with Crippen LogP contribution in [0.1, 0.15) is 6.42 Å². The molecule has 1 aromatic rings. The summed E-state index contributed by atoms with van der Waals surface area (Å²) >= 11 is 0. The third-order valence-corrected chi connectivity index (χ3v) is 2.47. The molecule has 0 saturated carbocycles. The first kappa shape index (κ1) is 15.8. The SMILES string of the molecule is COCCC(NC(=O)COc1ccccc1O)C(=O)O. The van der Waals surface area contributed by atoms with Crippen LogP contribution in [0.3, 0.4) is 0 Å². The highest BCUT2D eigenvalue weighted by atomic mass is 16.5. The van der Waals surface area contributed by atoms with Crippen LogP contribution >= 0.6 is 0 Å². The number of ether oxygens (including phenoxy) is 2. The van der Waals surface area contributed by atoms with Crippen LogP contribution in [-0.4, -0.2) is 48.5 Å². The number of para-hydroxylation sites is 2. The van der Waals surface area contributed by atoms with Gasteiger partial charge in [0.25, 0.3) is 5.91 Å². The Labute approximate surface area is 116 Å². The molecule has 1 aromatic carbocycles. The van der Waals surface area contributed by atoms with Crippen LogP contribution in [0, 0.1) is 0 Å². The number of phenolic OH excluding ortho intramolecular Hbond substituents is 1. The largest absolute Gasteiger partial charge is 0.504 e. The first-order valence-electron chi connectivity index (χ1n) is 5.96. The zero-order valence-corrected chi connectivity index (χ0v) is 11.0. The maximum atomic E-state index is 11.6. The molecule has 0 aromatic heterocycles. The number of benzene rings is 1. The van der Waals surface area contributed by atoms with Crippen LogP contribution in [-0.2, 0) is 14.3 Å².